The standard InChI is InChI=1S/C21H28N2O5S/c1-5-16(2)22-29(25,26)20-12-10-19(11-13-20)28-15-21(24)23(3)14-17-6-8-18(27-4)9-7-17/h6-13,16,22H,5,14-15H2,1-4H3/t16-/m1/s1. The van der Waals surface area contributed by atoms with Crippen molar-refractivity contribution in [2.75, 3.05) is 20.8 Å². The molecule has 7 nitrogen and oxygen atoms in total. The zero-order valence-electron chi connectivity index (χ0n) is 17.2. The zero-order valence-corrected chi connectivity index (χ0v) is 18.0. The van der Waals surface area contributed by atoms with E-state index in [1.54, 1.807) is 31.2 Å². The van der Waals surface area contributed by atoms with E-state index in [0.29, 0.717) is 18.7 Å². The Labute approximate surface area is 172 Å². The summed E-state index contributed by atoms with van der Waals surface area (Å²) in [6, 6.07) is 13.4. The number of amides is 1. The van der Waals surface area contributed by atoms with Crippen LogP contribution < -0.4 is 14.2 Å². The second-order valence-corrected chi connectivity index (χ2v) is 8.50. The summed E-state index contributed by atoms with van der Waals surface area (Å²) in [6.45, 7) is 4.03. The molecule has 29 heavy (non-hydrogen) atoms. The van der Waals surface area contributed by atoms with Crippen LogP contribution in [0.2, 0.25) is 0 Å². The number of nitrogens with one attached hydrogen (secondary N) is 1. The molecule has 0 fully saturated rings. The van der Waals surface area contributed by atoms with Crippen molar-refractivity contribution < 1.29 is 22.7 Å². The van der Waals surface area contributed by atoms with Crippen molar-refractivity contribution in [3.63, 3.8) is 0 Å². The van der Waals surface area contributed by atoms with Crippen LogP contribution in [0.15, 0.2) is 53.4 Å². The molecule has 2 aromatic rings. The van der Waals surface area contributed by atoms with Gasteiger partial charge in [-0.2, -0.15) is 0 Å². The first-order valence-corrected chi connectivity index (χ1v) is 10.9. The highest BCUT2D eigenvalue weighted by Gasteiger charge is 2.17. The quantitative estimate of drug-likeness (QED) is 0.639. The van der Waals surface area contributed by atoms with Gasteiger partial charge in [0.1, 0.15) is 11.5 Å². The van der Waals surface area contributed by atoms with Gasteiger partial charge in [0.05, 0.1) is 12.0 Å². The Kier molecular flexibility index (Phi) is 8.04. The van der Waals surface area contributed by atoms with Crippen LogP contribution in [-0.4, -0.2) is 46.0 Å². The average molecular weight is 421 g/mol. The molecule has 0 heterocycles. The summed E-state index contributed by atoms with van der Waals surface area (Å²) in [5, 5.41) is 0. The highest BCUT2D eigenvalue weighted by atomic mass is 32.2. The molecule has 1 atom stereocenters. The number of benzene rings is 2. The van der Waals surface area contributed by atoms with Crippen molar-refractivity contribution in [3.8, 4) is 11.5 Å². The maximum Gasteiger partial charge on any atom is 0.260 e. The molecule has 2 aromatic carbocycles. The number of carbonyl (C=O) groups excluding carboxylic acids is 1. The molecule has 0 aliphatic carbocycles. The largest absolute Gasteiger partial charge is 0.497 e. The van der Waals surface area contributed by atoms with Gasteiger partial charge in [-0.15, -0.1) is 0 Å². The Morgan fingerprint density at radius 1 is 1.07 bits per heavy atom. The number of hydrogen-bond donors (Lipinski definition) is 1. The molecule has 0 aromatic heterocycles. The van der Waals surface area contributed by atoms with E-state index in [9.17, 15) is 13.2 Å². The third-order valence-electron chi connectivity index (χ3n) is 4.47. The molecular formula is C21H28N2O5S. The minimum absolute atomic E-state index is 0.135. The van der Waals surface area contributed by atoms with Crippen molar-refractivity contribution in [2.24, 2.45) is 0 Å². The van der Waals surface area contributed by atoms with Gasteiger partial charge in [0.2, 0.25) is 10.0 Å². The first-order valence-electron chi connectivity index (χ1n) is 9.37. The lowest BCUT2D eigenvalue weighted by Gasteiger charge is -2.18. The minimum atomic E-state index is -3.56. The number of rotatable bonds is 10. The molecular weight excluding hydrogens is 392 g/mol. The molecule has 0 aliphatic rings. The number of sulfonamides is 1. The Morgan fingerprint density at radius 3 is 2.21 bits per heavy atom. The van der Waals surface area contributed by atoms with Crippen LogP contribution >= 0.6 is 0 Å². The van der Waals surface area contributed by atoms with Crippen molar-refractivity contribution in [1.82, 2.24) is 9.62 Å². The fourth-order valence-corrected chi connectivity index (χ4v) is 3.81. The molecule has 0 saturated heterocycles. The fourth-order valence-electron chi connectivity index (χ4n) is 2.48. The van der Waals surface area contributed by atoms with Gasteiger partial charge < -0.3 is 14.4 Å². The van der Waals surface area contributed by atoms with E-state index in [0.717, 1.165) is 11.3 Å². The summed E-state index contributed by atoms with van der Waals surface area (Å²) in [7, 11) is -0.259. The van der Waals surface area contributed by atoms with E-state index in [2.05, 4.69) is 4.72 Å². The molecule has 0 unspecified atom stereocenters. The van der Waals surface area contributed by atoms with Gasteiger partial charge in [0.15, 0.2) is 6.61 Å². The Bertz CT molecular complexity index is 896. The van der Waals surface area contributed by atoms with E-state index in [4.69, 9.17) is 9.47 Å². The summed E-state index contributed by atoms with van der Waals surface area (Å²) < 4.78 is 37.8. The normalized spacial score (nSPS) is 12.3. The second kappa shape index (κ2) is 10.3. The van der Waals surface area contributed by atoms with Crippen LogP contribution in [0.1, 0.15) is 25.8 Å². The van der Waals surface area contributed by atoms with Crippen LogP contribution in [0.5, 0.6) is 11.5 Å². The Balaban J connectivity index is 1.89. The molecule has 0 bridgehead atoms. The molecule has 1 amide bonds. The van der Waals surface area contributed by atoms with Gasteiger partial charge in [-0.25, -0.2) is 13.1 Å². The summed E-state index contributed by atoms with van der Waals surface area (Å²) in [4.78, 5) is 14.0. The second-order valence-electron chi connectivity index (χ2n) is 6.79. The van der Waals surface area contributed by atoms with Crippen LogP contribution in [0.25, 0.3) is 0 Å². The maximum absolute atomic E-state index is 12.3. The maximum atomic E-state index is 12.3. The summed E-state index contributed by atoms with van der Waals surface area (Å²) in [5.41, 5.74) is 0.977. The predicted molar refractivity (Wildman–Crippen MR) is 111 cm³/mol. The minimum Gasteiger partial charge on any atom is -0.497 e. The topological polar surface area (TPSA) is 84.9 Å². The average Bonchev–Trinajstić information content (AvgIpc) is 2.72. The lowest BCUT2D eigenvalue weighted by atomic mass is 10.2. The van der Waals surface area contributed by atoms with Gasteiger partial charge in [-0.1, -0.05) is 19.1 Å². The van der Waals surface area contributed by atoms with E-state index in [1.165, 1.54) is 12.1 Å². The molecule has 0 aliphatic heterocycles. The lowest BCUT2D eigenvalue weighted by Crippen LogP contribution is -2.32. The van der Waals surface area contributed by atoms with Crippen molar-refractivity contribution in [1.29, 1.82) is 0 Å². The molecule has 2 rings (SSSR count). The number of methoxy groups -OCH3 is 1. The van der Waals surface area contributed by atoms with Crippen molar-refractivity contribution in [2.45, 2.75) is 37.8 Å². The number of ether oxygens (including phenoxy) is 2. The number of hydrogen-bond acceptors (Lipinski definition) is 5. The first kappa shape index (κ1) is 22.7. The Hall–Kier alpha value is -2.58. The molecule has 0 spiro atoms. The number of nitrogens with zero attached hydrogens (tertiary/aromatic N) is 1. The molecule has 0 saturated carbocycles. The van der Waals surface area contributed by atoms with E-state index in [1.807, 2.05) is 38.1 Å². The highest BCUT2D eigenvalue weighted by Crippen LogP contribution is 2.17. The molecule has 1 N–H and O–H groups in total. The van der Waals surface area contributed by atoms with Crippen LogP contribution in [0.3, 0.4) is 0 Å². The van der Waals surface area contributed by atoms with Gasteiger partial charge >= 0.3 is 0 Å². The SMILES string of the molecule is CC[C@@H](C)NS(=O)(=O)c1ccc(OCC(=O)N(C)Cc2ccc(OC)cc2)cc1. The van der Waals surface area contributed by atoms with E-state index in [-0.39, 0.29) is 23.5 Å². The van der Waals surface area contributed by atoms with Gasteiger partial charge in [-0.3, -0.25) is 4.79 Å². The van der Waals surface area contributed by atoms with Crippen molar-refractivity contribution >= 4 is 15.9 Å². The van der Waals surface area contributed by atoms with Gasteiger partial charge in [-0.05, 0) is 55.3 Å². The lowest BCUT2D eigenvalue weighted by molar-refractivity contribution is -0.132. The van der Waals surface area contributed by atoms with E-state index >= 15 is 0 Å². The predicted octanol–water partition coefficient (Wildman–Crippen LogP) is 2.81. The van der Waals surface area contributed by atoms with E-state index < -0.39 is 10.0 Å². The summed E-state index contributed by atoms with van der Waals surface area (Å²) >= 11 is 0. The number of likely N-dealkylation sites (N-methyl/N-ethyl adjacent to an activating group) is 1. The molecule has 158 valence electrons. The molecule has 0 radical (unpaired) electrons. The van der Waals surface area contributed by atoms with Crippen LogP contribution in [0.4, 0.5) is 0 Å². The molecule has 8 heteroatoms. The summed E-state index contributed by atoms with van der Waals surface area (Å²) in [5.74, 6) is 1.01. The zero-order chi connectivity index (χ0) is 21.4. The first-order chi connectivity index (χ1) is 13.7. The van der Waals surface area contributed by atoms with Crippen molar-refractivity contribution in [3.05, 3.63) is 54.1 Å². The van der Waals surface area contributed by atoms with Crippen LogP contribution in [-0.2, 0) is 21.4 Å². The van der Waals surface area contributed by atoms with Gasteiger partial charge in [0, 0.05) is 19.6 Å². The number of carbonyl (C=O) groups is 1. The monoisotopic (exact) mass is 420 g/mol. The van der Waals surface area contributed by atoms with Gasteiger partial charge in [0.25, 0.3) is 5.91 Å². The third kappa shape index (κ3) is 6.76. The smallest absolute Gasteiger partial charge is 0.260 e. The fraction of sp³-hybridized carbons (Fsp3) is 0.381. The highest BCUT2D eigenvalue weighted by molar-refractivity contribution is 7.89. The summed E-state index contributed by atoms with van der Waals surface area (Å²) in [6.07, 6.45) is 0.701. The van der Waals surface area contributed by atoms with Crippen LogP contribution in [0, 0.1) is 0 Å². The Morgan fingerprint density at radius 2 is 1.66 bits per heavy atom. The third-order valence-corrected chi connectivity index (χ3v) is 6.08.